The average Bonchev–Trinajstić information content (AvgIpc) is 2.64. The number of hydrogen-bond donors (Lipinski definition) is 1. The highest BCUT2D eigenvalue weighted by molar-refractivity contribution is 5.85. The number of hydrogen-bond acceptors (Lipinski definition) is 4. The first-order valence-corrected chi connectivity index (χ1v) is 5.89. The maximum atomic E-state index is 11.5. The number of fused-ring (bicyclic) bond motifs is 1. The minimum Gasteiger partial charge on any atom is -0.464 e. The second kappa shape index (κ2) is 4.82. The van der Waals surface area contributed by atoms with Gasteiger partial charge in [0.05, 0.1) is 6.61 Å². The molecule has 1 N–H and O–H groups in total. The van der Waals surface area contributed by atoms with Gasteiger partial charge < -0.3 is 14.3 Å². The minimum absolute atomic E-state index is 0.252. The number of benzene rings is 1. The lowest BCUT2D eigenvalue weighted by molar-refractivity contribution is -0.153. The van der Waals surface area contributed by atoms with E-state index in [1.54, 1.807) is 25.1 Å². The van der Waals surface area contributed by atoms with Crippen LogP contribution < -0.4 is 0 Å². The maximum Gasteiger partial charge on any atom is 0.339 e. The zero-order valence-electron chi connectivity index (χ0n) is 10.7. The lowest BCUT2D eigenvalue weighted by Gasteiger charge is -2.09. The van der Waals surface area contributed by atoms with E-state index >= 15 is 0 Å². The zero-order chi connectivity index (χ0) is 13.3. The Labute approximate surface area is 105 Å². The summed E-state index contributed by atoms with van der Waals surface area (Å²) >= 11 is 0. The van der Waals surface area contributed by atoms with Gasteiger partial charge in [-0.3, -0.25) is 0 Å². The van der Waals surface area contributed by atoms with Gasteiger partial charge in [-0.05, 0) is 44.0 Å². The van der Waals surface area contributed by atoms with E-state index in [4.69, 9.17) is 9.15 Å². The van der Waals surface area contributed by atoms with Crippen LogP contribution >= 0.6 is 0 Å². The molecule has 1 heterocycles. The van der Waals surface area contributed by atoms with Gasteiger partial charge in [0.2, 0.25) is 0 Å². The Morgan fingerprint density at radius 3 is 2.83 bits per heavy atom. The van der Waals surface area contributed by atoms with Crippen molar-refractivity contribution >= 4 is 16.9 Å². The largest absolute Gasteiger partial charge is 0.464 e. The number of furan rings is 1. The number of carbonyl (C=O) groups is 1. The molecular weight excluding hydrogens is 232 g/mol. The molecular formula is C14H16O4. The van der Waals surface area contributed by atoms with Crippen LogP contribution in [0, 0.1) is 13.8 Å². The Morgan fingerprint density at radius 2 is 2.17 bits per heavy atom. The van der Waals surface area contributed by atoms with Crippen molar-refractivity contribution in [2.45, 2.75) is 26.9 Å². The molecule has 0 saturated carbocycles. The van der Waals surface area contributed by atoms with Crippen molar-refractivity contribution < 1.29 is 19.1 Å². The predicted molar refractivity (Wildman–Crippen MR) is 67.3 cm³/mol. The highest BCUT2D eigenvalue weighted by atomic mass is 16.5. The molecule has 0 aliphatic rings. The van der Waals surface area contributed by atoms with E-state index in [-0.39, 0.29) is 6.61 Å². The number of esters is 1. The summed E-state index contributed by atoms with van der Waals surface area (Å²) in [7, 11) is 0. The van der Waals surface area contributed by atoms with Crippen molar-refractivity contribution in [3.8, 4) is 0 Å². The third kappa shape index (κ3) is 2.11. The van der Waals surface area contributed by atoms with E-state index in [1.807, 2.05) is 13.8 Å². The fourth-order valence-electron chi connectivity index (χ4n) is 1.89. The van der Waals surface area contributed by atoms with E-state index < -0.39 is 12.1 Å². The molecule has 0 aliphatic heterocycles. The smallest absolute Gasteiger partial charge is 0.339 e. The van der Waals surface area contributed by atoms with Gasteiger partial charge in [-0.2, -0.15) is 0 Å². The average molecular weight is 248 g/mol. The van der Waals surface area contributed by atoms with Gasteiger partial charge in [0.25, 0.3) is 0 Å². The number of ether oxygens (including phenoxy) is 1. The molecule has 0 aliphatic carbocycles. The van der Waals surface area contributed by atoms with Crippen LogP contribution in [0.25, 0.3) is 11.0 Å². The normalized spacial score (nSPS) is 12.7. The monoisotopic (exact) mass is 248 g/mol. The van der Waals surface area contributed by atoms with Crippen molar-refractivity contribution in [2.75, 3.05) is 6.61 Å². The molecule has 4 nitrogen and oxygen atoms in total. The molecule has 18 heavy (non-hydrogen) atoms. The lowest BCUT2D eigenvalue weighted by atomic mass is 10.1. The molecule has 0 saturated heterocycles. The summed E-state index contributed by atoms with van der Waals surface area (Å²) < 4.78 is 10.3. The highest BCUT2D eigenvalue weighted by Gasteiger charge is 2.19. The summed E-state index contributed by atoms with van der Waals surface area (Å²) in [6, 6.07) is 5.20. The maximum absolute atomic E-state index is 11.5. The fourth-order valence-corrected chi connectivity index (χ4v) is 1.89. The number of carbonyl (C=O) groups excluding carboxylic acids is 1. The molecule has 1 aromatic heterocycles. The van der Waals surface area contributed by atoms with Crippen LogP contribution in [-0.2, 0) is 9.53 Å². The van der Waals surface area contributed by atoms with Crippen LogP contribution in [0.2, 0.25) is 0 Å². The van der Waals surface area contributed by atoms with Gasteiger partial charge in [0, 0.05) is 5.39 Å². The minimum atomic E-state index is -1.25. The van der Waals surface area contributed by atoms with Crippen LogP contribution in [0.3, 0.4) is 0 Å². The van der Waals surface area contributed by atoms with Gasteiger partial charge in [0.15, 0.2) is 6.10 Å². The molecule has 0 amide bonds. The first-order chi connectivity index (χ1) is 8.54. The summed E-state index contributed by atoms with van der Waals surface area (Å²) in [6.07, 6.45) is -1.25. The van der Waals surface area contributed by atoms with Gasteiger partial charge in [-0.1, -0.05) is 6.07 Å². The Hall–Kier alpha value is -1.81. The third-order valence-electron chi connectivity index (χ3n) is 3.02. The lowest BCUT2D eigenvalue weighted by Crippen LogP contribution is -2.15. The molecule has 2 aromatic rings. The van der Waals surface area contributed by atoms with Crippen LogP contribution in [-0.4, -0.2) is 17.7 Å². The summed E-state index contributed by atoms with van der Waals surface area (Å²) in [6.45, 7) is 5.79. The molecule has 96 valence electrons. The van der Waals surface area contributed by atoms with Crippen LogP contribution in [0.1, 0.15) is 29.9 Å². The first-order valence-electron chi connectivity index (χ1n) is 5.89. The van der Waals surface area contributed by atoms with Crippen molar-refractivity contribution in [3.05, 3.63) is 35.1 Å². The summed E-state index contributed by atoms with van der Waals surface area (Å²) in [5.74, 6) is 0.211. The number of aliphatic hydroxyl groups is 1. The predicted octanol–water partition coefficient (Wildman–Crippen LogP) is 2.65. The van der Waals surface area contributed by atoms with Crippen molar-refractivity contribution in [1.29, 1.82) is 0 Å². The Balaban J connectivity index is 2.40. The quantitative estimate of drug-likeness (QED) is 0.848. The molecule has 4 heteroatoms. The highest BCUT2D eigenvalue weighted by Crippen LogP contribution is 2.27. The molecule has 2 rings (SSSR count). The van der Waals surface area contributed by atoms with Crippen molar-refractivity contribution in [1.82, 2.24) is 0 Å². The second-order valence-electron chi connectivity index (χ2n) is 4.19. The summed E-state index contributed by atoms with van der Waals surface area (Å²) in [4.78, 5) is 11.5. The Kier molecular flexibility index (Phi) is 3.39. The van der Waals surface area contributed by atoms with Crippen LogP contribution in [0.15, 0.2) is 22.6 Å². The Bertz CT molecular complexity index is 583. The van der Waals surface area contributed by atoms with E-state index in [9.17, 15) is 9.90 Å². The van der Waals surface area contributed by atoms with Gasteiger partial charge in [-0.25, -0.2) is 4.79 Å². The van der Waals surface area contributed by atoms with Crippen molar-refractivity contribution in [3.63, 3.8) is 0 Å². The van der Waals surface area contributed by atoms with Crippen LogP contribution in [0.4, 0.5) is 0 Å². The summed E-state index contributed by atoms with van der Waals surface area (Å²) in [5, 5.41) is 10.8. The standard InChI is InChI=1S/C14H16O4/c1-4-17-14(16)13(15)10-5-6-12-11(7-10)8(2)9(3)18-12/h5-7,13,15H,4H2,1-3H3. The van der Waals surface area contributed by atoms with E-state index in [1.165, 1.54) is 0 Å². The number of rotatable bonds is 3. The molecule has 0 bridgehead atoms. The van der Waals surface area contributed by atoms with Crippen molar-refractivity contribution in [2.24, 2.45) is 0 Å². The van der Waals surface area contributed by atoms with E-state index in [0.717, 1.165) is 22.3 Å². The molecule has 1 aromatic carbocycles. The van der Waals surface area contributed by atoms with Gasteiger partial charge >= 0.3 is 5.97 Å². The SMILES string of the molecule is CCOC(=O)C(O)c1ccc2oc(C)c(C)c2c1. The second-order valence-corrected chi connectivity index (χ2v) is 4.19. The van der Waals surface area contributed by atoms with E-state index in [0.29, 0.717) is 5.56 Å². The molecule has 0 spiro atoms. The zero-order valence-corrected chi connectivity index (χ0v) is 10.7. The topological polar surface area (TPSA) is 59.7 Å². The molecule has 0 fully saturated rings. The number of aryl methyl sites for hydroxylation is 2. The summed E-state index contributed by atoms with van der Waals surface area (Å²) in [5.41, 5.74) is 2.29. The van der Waals surface area contributed by atoms with E-state index in [2.05, 4.69) is 0 Å². The molecule has 0 radical (unpaired) electrons. The van der Waals surface area contributed by atoms with Gasteiger partial charge in [0.1, 0.15) is 11.3 Å². The number of aliphatic hydroxyl groups excluding tert-OH is 1. The van der Waals surface area contributed by atoms with Crippen LogP contribution in [0.5, 0.6) is 0 Å². The fraction of sp³-hybridized carbons (Fsp3) is 0.357. The first kappa shape index (κ1) is 12.6. The molecule has 1 unspecified atom stereocenters. The molecule has 1 atom stereocenters. The van der Waals surface area contributed by atoms with Gasteiger partial charge in [-0.15, -0.1) is 0 Å². The third-order valence-corrected chi connectivity index (χ3v) is 3.02. The Morgan fingerprint density at radius 1 is 1.44 bits per heavy atom.